The van der Waals surface area contributed by atoms with Gasteiger partial charge in [-0.1, -0.05) is 18.2 Å². The first-order chi connectivity index (χ1) is 13.6. The van der Waals surface area contributed by atoms with Gasteiger partial charge >= 0.3 is 11.9 Å². The van der Waals surface area contributed by atoms with E-state index < -0.39 is 11.9 Å². The van der Waals surface area contributed by atoms with Crippen molar-refractivity contribution in [3.05, 3.63) is 41.1 Å². The molecule has 148 valence electrons. The minimum absolute atomic E-state index is 0.239. The molecule has 7 nitrogen and oxygen atoms in total. The van der Waals surface area contributed by atoms with Crippen molar-refractivity contribution in [2.45, 2.75) is 39.0 Å². The Morgan fingerprint density at radius 3 is 2.79 bits per heavy atom. The second-order valence-electron chi connectivity index (χ2n) is 6.62. The van der Waals surface area contributed by atoms with E-state index >= 15 is 0 Å². The number of esters is 2. The highest BCUT2D eigenvalue weighted by Crippen LogP contribution is 2.30. The Morgan fingerprint density at radius 1 is 1.14 bits per heavy atom. The van der Waals surface area contributed by atoms with Gasteiger partial charge in [0.1, 0.15) is 0 Å². The van der Waals surface area contributed by atoms with Gasteiger partial charge in [0.05, 0.1) is 17.7 Å². The molecule has 0 atom stereocenters. The van der Waals surface area contributed by atoms with E-state index in [0.29, 0.717) is 25.1 Å². The molecule has 0 radical (unpaired) electrons. The summed E-state index contributed by atoms with van der Waals surface area (Å²) in [5.41, 5.74) is 3.15. The highest BCUT2D eigenvalue weighted by molar-refractivity contribution is 6.05. The number of aromatic nitrogens is 1. The number of para-hydroxylation sites is 1. The Bertz CT molecular complexity index is 894. The normalized spacial score (nSPS) is 12.5. The third-order valence-electron chi connectivity index (χ3n) is 4.64. The van der Waals surface area contributed by atoms with Crippen LogP contribution >= 0.6 is 0 Å². The number of carbonyl (C=O) groups is 3. The molecular weight excluding hydrogens is 360 g/mol. The van der Waals surface area contributed by atoms with Crippen molar-refractivity contribution in [2.75, 3.05) is 19.8 Å². The molecule has 3 rings (SSSR count). The number of nitrogens with one attached hydrogen (secondary N) is 1. The van der Waals surface area contributed by atoms with Crippen LogP contribution in [-0.4, -0.2) is 42.6 Å². The van der Waals surface area contributed by atoms with Crippen LogP contribution in [0.2, 0.25) is 0 Å². The molecule has 0 saturated carbocycles. The molecule has 1 aromatic carbocycles. The zero-order valence-electron chi connectivity index (χ0n) is 16.0. The number of amides is 1. The van der Waals surface area contributed by atoms with Gasteiger partial charge in [-0.2, -0.15) is 0 Å². The smallest absolute Gasteiger partial charge is 0.339 e. The van der Waals surface area contributed by atoms with E-state index in [-0.39, 0.29) is 19.0 Å². The molecule has 1 heterocycles. The number of nitrogens with zero attached hydrogens (tertiary/aromatic N) is 1. The van der Waals surface area contributed by atoms with Crippen LogP contribution in [0.25, 0.3) is 10.9 Å². The Labute approximate surface area is 163 Å². The van der Waals surface area contributed by atoms with E-state index in [4.69, 9.17) is 9.47 Å². The van der Waals surface area contributed by atoms with E-state index in [1.54, 1.807) is 6.92 Å². The first-order valence-corrected chi connectivity index (χ1v) is 9.60. The van der Waals surface area contributed by atoms with Crippen molar-refractivity contribution >= 4 is 28.7 Å². The molecule has 0 bridgehead atoms. The van der Waals surface area contributed by atoms with Gasteiger partial charge in [0, 0.05) is 24.0 Å². The van der Waals surface area contributed by atoms with Crippen molar-refractivity contribution in [1.29, 1.82) is 0 Å². The lowest BCUT2D eigenvalue weighted by Gasteiger charge is -2.12. The Kier molecular flexibility index (Phi) is 6.57. The maximum atomic E-state index is 12.7. The van der Waals surface area contributed by atoms with Crippen molar-refractivity contribution in [1.82, 2.24) is 10.3 Å². The van der Waals surface area contributed by atoms with Gasteiger partial charge in [0.25, 0.3) is 5.91 Å². The summed E-state index contributed by atoms with van der Waals surface area (Å²) in [4.78, 5) is 40.5. The quantitative estimate of drug-likeness (QED) is 0.555. The molecule has 2 aromatic rings. The van der Waals surface area contributed by atoms with Crippen LogP contribution in [0, 0.1) is 0 Å². The van der Waals surface area contributed by atoms with Crippen LogP contribution in [-0.2, 0) is 31.9 Å². The van der Waals surface area contributed by atoms with Crippen LogP contribution in [0.1, 0.15) is 47.8 Å². The lowest BCUT2D eigenvalue weighted by molar-refractivity contribution is -0.143. The summed E-state index contributed by atoms with van der Waals surface area (Å²) in [7, 11) is 0. The average molecular weight is 384 g/mol. The molecule has 0 fully saturated rings. The standard InChI is InChI=1S/C21H24N2O5/c1-2-27-19(25)11-6-12-22-18(24)13-28-21(26)20-14-7-3-4-9-16(14)23-17-10-5-8-15(17)20/h3-4,7,9H,2,5-6,8,10-13H2,1H3,(H,22,24). The summed E-state index contributed by atoms with van der Waals surface area (Å²) in [6, 6.07) is 7.47. The first kappa shape index (κ1) is 19.8. The maximum absolute atomic E-state index is 12.7. The highest BCUT2D eigenvalue weighted by atomic mass is 16.5. The molecule has 1 aliphatic rings. The van der Waals surface area contributed by atoms with E-state index in [1.165, 1.54) is 0 Å². The minimum Gasteiger partial charge on any atom is -0.466 e. The summed E-state index contributed by atoms with van der Waals surface area (Å²) in [6.45, 7) is 2.05. The fourth-order valence-corrected chi connectivity index (χ4v) is 3.39. The summed E-state index contributed by atoms with van der Waals surface area (Å²) in [5.74, 6) is -1.19. The number of hydrogen-bond acceptors (Lipinski definition) is 6. The third-order valence-corrected chi connectivity index (χ3v) is 4.64. The molecule has 0 spiro atoms. The number of pyridine rings is 1. The van der Waals surface area contributed by atoms with Gasteiger partial charge in [-0.3, -0.25) is 14.6 Å². The summed E-state index contributed by atoms with van der Waals surface area (Å²) < 4.78 is 10.1. The Hall–Kier alpha value is -2.96. The lowest BCUT2D eigenvalue weighted by atomic mass is 10.0. The van der Waals surface area contributed by atoms with E-state index in [0.717, 1.165) is 41.4 Å². The van der Waals surface area contributed by atoms with E-state index in [9.17, 15) is 14.4 Å². The zero-order valence-corrected chi connectivity index (χ0v) is 16.0. The molecular formula is C21H24N2O5. The summed E-state index contributed by atoms with van der Waals surface area (Å²) in [5, 5.41) is 3.39. The van der Waals surface area contributed by atoms with E-state index in [1.807, 2.05) is 24.3 Å². The summed E-state index contributed by atoms with van der Waals surface area (Å²) in [6.07, 6.45) is 3.31. The minimum atomic E-state index is -0.501. The molecule has 0 aliphatic heterocycles. The third kappa shape index (κ3) is 4.65. The number of rotatable bonds is 8. The van der Waals surface area contributed by atoms with Gasteiger partial charge in [-0.25, -0.2) is 4.79 Å². The molecule has 1 aliphatic carbocycles. The monoisotopic (exact) mass is 384 g/mol. The topological polar surface area (TPSA) is 94.6 Å². The van der Waals surface area contributed by atoms with Crippen molar-refractivity contribution < 1.29 is 23.9 Å². The maximum Gasteiger partial charge on any atom is 0.339 e. The fraction of sp³-hybridized carbons (Fsp3) is 0.429. The highest BCUT2D eigenvalue weighted by Gasteiger charge is 2.25. The van der Waals surface area contributed by atoms with Crippen LogP contribution in [0.3, 0.4) is 0 Å². The number of hydrogen-bond donors (Lipinski definition) is 1. The number of aryl methyl sites for hydroxylation is 1. The Balaban J connectivity index is 1.57. The number of fused-ring (bicyclic) bond motifs is 2. The Morgan fingerprint density at radius 2 is 1.96 bits per heavy atom. The van der Waals surface area contributed by atoms with Gasteiger partial charge in [-0.15, -0.1) is 0 Å². The first-order valence-electron chi connectivity index (χ1n) is 9.60. The second kappa shape index (κ2) is 9.30. The van der Waals surface area contributed by atoms with Crippen LogP contribution in [0.4, 0.5) is 0 Å². The molecule has 1 N–H and O–H groups in total. The van der Waals surface area contributed by atoms with Crippen LogP contribution < -0.4 is 5.32 Å². The largest absolute Gasteiger partial charge is 0.466 e. The number of carbonyl (C=O) groups excluding carboxylic acids is 3. The summed E-state index contributed by atoms with van der Waals surface area (Å²) >= 11 is 0. The molecule has 0 saturated heterocycles. The molecule has 1 amide bonds. The van der Waals surface area contributed by atoms with Gasteiger partial charge in [-0.05, 0) is 44.2 Å². The van der Waals surface area contributed by atoms with Crippen molar-refractivity contribution in [3.8, 4) is 0 Å². The average Bonchev–Trinajstić information content (AvgIpc) is 3.15. The van der Waals surface area contributed by atoms with Gasteiger partial charge in [0.2, 0.25) is 0 Å². The molecule has 7 heteroatoms. The SMILES string of the molecule is CCOC(=O)CCCNC(=O)COC(=O)c1c2c(nc3ccccc13)CCC2. The fourth-order valence-electron chi connectivity index (χ4n) is 3.39. The lowest BCUT2D eigenvalue weighted by Crippen LogP contribution is -2.30. The molecule has 28 heavy (non-hydrogen) atoms. The number of ether oxygens (including phenoxy) is 2. The van der Waals surface area contributed by atoms with Crippen molar-refractivity contribution in [2.24, 2.45) is 0 Å². The van der Waals surface area contributed by atoms with E-state index in [2.05, 4.69) is 10.3 Å². The predicted molar refractivity (Wildman–Crippen MR) is 103 cm³/mol. The van der Waals surface area contributed by atoms with Crippen molar-refractivity contribution in [3.63, 3.8) is 0 Å². The predicted octanol–water partition coefficient (Wildman–Crippen LogP) is 2.34. The van der Waals surface area contributed by atoms with Gasteiger partial charge < -0.3 is 14.8 Å². The molecule has 1 aromatic heterocycles. The van der Waals surface area contributed by atoms with Crippen LogP contribution in [0.15, 0.2) is 24.3 Å². The van der Waals surface area contributed by atoms with Gasteiger partial charge in [0.15, 0.2) is 6.61 Å². The zero-order chi connectivity index (χ0) is 19.9. The van der Waals surface area contributed by atoms with Crippen LogP contribution in [0.5, 0.6) is 0 Å². The number of benzene rings is 1. The molecule has 0 unspecified atom stereocenters. The second-order valence-corrected chi connectivity index (χ2v) is 6.62.